The summed E-state index contributed by atoms with van der Waals surface area (Å²) in [6.07, 6.45) is 1.52. The fourth-order valence-electron chi connectivity index (χ4n) is 1.76. The summed E-state index contributed by atoms with van der Waals surface area (Å²) in [5.41, 5.74) is 5.95. The molecule has 2 rings (SSSR count). The highest BCUT2D eigenvalue weighted by molar-refractivity contribution is 9.10. The van der Waals surface area contributed by atoms with E-state index in [1.54, 1.807) is 18.2 Å². The summed E-state index contributed by atoms with van der Waals surface area (Å²) in [6, 6.07) is 10.4. The maximum absolute atomic E-state index is 12.1. The van der Waals surface area contributed by atoms with Crippen molar-refractivity contribution >= 4 is 44.7 Å². The van der Waals surface area contributed by atoms with Crippen LogP contribution in [0.2, 0.25) is 0 Å². The van der Waals surface area contributed by atoms with Crippen molar-refractivity contribution in [3.05, 3.63) is 63.0 Å². The third-order valence-corrected chi connectivity index (χ3v) is 3.66. The van der Waals surface area contributed by atoms with E-state index in [0.717, 1.165) is 4.47 Å². The minimum atomic E-state index is -0.382. The second-order valence-electron chi connectivity index (χ2n) is 4.25. The van der Waals surface area contributed by atoms with Crippen LogP contribution in [0.5, 0.6) is 0 Å². The fourth-order valence-corrected chi connectivity index (χ4v) is 2.30. The van der Waals surface area contributed by atoms with Crippen LogP contribution in [-0.4, -0.2) is 15.5 Å². The van der Waals surface area contributed by atoms with E-state index in [1.165, 1.54) is 16.8 Å². The number of aromatic nitrogens is 1. The number of para-hydroxylation sites is 1. The Morgan fingerprint density at radius 2 is 2.00 bits per heavy atom. The number of thiocarbonyl (C=S) groups is 1. The molecular weight excluding hydrogens is 354 g/mol. The number of carbonyl (C=O) groups excluding carboxylic acids is 1. The molecule has 1 heterocycles. The van der Waals surface area contributed by atoms with Crippen molar-refractivity contribution in [2.75, 3.05) is 5.32 Å². The zero-order valence-corrected chi connectivity index (χ0v) is 13.3. The SMILES string of the molecule is NC(=S)c1cccn(CC(=O)Nc2ccccc2Br)c1=O. The zero-order chi connectivity index (χ0) is 15.4. The molecule has 0 aliphatic heterocycles. The minimum Gasteiger partial charge on any atom is -0.389 e. The normalized spacial score (nSPS) is 10.1. The Morgan fingerprint density at radius 3 is 2.67 bits per heavy atom. The Morgan fingerprint density at radius 1 is 1.29 bits per heavy atom. The molecule has 0 aliphatic rings. The Kier molecular flexibility index (Phi) is 4.87. The Labute approximate surface area is 134 Å². The molecule has 0 bridgehead atoms. The van der Waals surface area contributed by atoms with Gasteiger partial charge >= 0.3 is 0 Å². The van der Waals surface area contributed by atoms with Crippen LogP contribution < -0.4 is 16.6 Å². The molecule has 108 valence electrons. The van der Waals surface area contributed by atoms with Crippen molar-refractivity contribution in [3.63, 3.8) is 0 Å². The van der Waals surface area contributed by atoms with Crippen LogP contribution in [0.4, 0.5) is 5.69 Å². The highest BCUT2D eigenvalue weighted by Crippen LogP contribution is 2.20. The van der Waals surface area contributed by atoms with E-state index in [0.29, 0.717) is 5.69 Å². The molecule has 21 heavy (non-hydrogen) atoms. The van der Waals surface area contributed by atoms with E-state index < -0.39 is 0 Å². The molecule has 0 fully saturated rings. The first kappa shape index (κ1) is 15.4. The van der Waals surface area contributed by atoms with E-state index in [-0.39, 0.29) is 28.6 Å². The number of benzene rings is 1. The van der Waals surface area contributed by atoms with Crippen LogP contribution in [0.3, 0.4) is 0 Å². The van der Waals surface area contributed by atoms with Gasteiger partial charge < -0.3 is 15.6 Å². The summed E-state index contributed by atoms with van der Waals surface area (Å²) in [5.74, 6) is -0.316. The van der Waals surface area contributed by atoms with E-state index in [4.69, 9.17) is 18.0 Å². The van der Waals surface area contributed by atoms with Gasteiger partial charge in [-0.15, -0.1) is 0 Å². The van der Waals surface area contributed by atoms with Gasteiger partial charge in [0.15, 0.2) is 0 Å². The monoisotopic (exact) mass is 365 g/mol. The van der Waals surface area contributed by atoms with Crippen LogP contribution in [-0.2, 0) is 11.3 Å². The van der Waals surface area contributed by atoms with Gasteiger partial charge in [-0.3, -0.25) is 9.59 Å². The van der Waals surface area contributed by atoms with Crippen LogP contribution >= 0.6 is 28.1 Å². The number of halogens is 1. The lowest BCUT2D eigenvalue weighted by Gasteiger charge is -2.09. The highest BCUT2D eigenvalue weighted by atomic mass is 79.9. The molecule has 0 atom stereocenters. The van der Waals surface area contributed by atoms with Gasteiger partial charge in [0.1, 0.15) is 11.5 Å². The number of nitrogens with zero attached hydrogens (tertiary/aromatic N) is 1. The Balaban J connectivity index is 2.18. The summed E-state index contributed by atoms with van der Waals surface area (Å²) < 4.78 is 2.03. The van der Waals surface area contributed by atoms with Crippen LogP contribution in [0.25, 0.3) is 0 Å². The molecule has 1 aromatic heterocycles. The molecule has 0 unspecified atom stereocenters. The lowest BCUT2D eigenvalue weighted by molar-refractivity contribution is -0.116. The van der Waals surface area contributed by atoms with Crippen molar-refractivity contribution in [1.82, 2.24) is 4.57 Å². The lowest BCUT2D eigenvalue weighted by Crippen LogP contribution is -2.32. The molecule has 1 aromatic carbocycles. The first-order valence-electron chi connectivity index (χ1n) is 6.02. The average Bonchev–Trinajstić information content (AvgIpc) is 2.43. The van der Waals surface area contributed by atoms with Crippen molar-refractivity contribution in [2.24, 2.45) is 5.73 Å². The number of nitrogens with two attached hydrogens (primary N) is 1. The maximum Gasteiger partial charge on any atom is 0.261 e. The molecule has 0 saturated carbocycles. The van der Waals surface area contributed by atoms with E-state index in [1.807, 2.05) is 12.1 Å². The summed E-state index contributed by atoms with van der Waals surface area (Å²) in [5, 5.41) is 2.72. The number of pyridine rings is 1. The number of hydrogen-bond donors (Lipinski definition) is 2. The molecule has 0 aliphatic carbocycles. The predicted octanol–water partition coefficient (Wildman–Crippen LogP) is 1.88. The second-order valence-corrected chi connectivity index (χ2v) is 5.54. The van der Waals surface area contributed by atoms with Crippen molar-refractivity contribution in [1.29, 1.82) is 0 Å². The van der Waals surface area contributed by atoms with Gasteiger partial charge in [0, 0.05) is 10.7 Å². The largest absolute Gasteiger partial charge is 0.389 e. The van der Waals surface area contributed by atoms with E-state index in [9.17, 15) is 9.59 Å². The van der Waals surface area contributed by atoms with Gasteiger partial charge in [-0.25, -0.2) is 0 Å². The number of amides is 1. The Hall–Kier alpha value is -1.99. The van der Waals surface area contributed by atoms with Crippen LogP contribution in [0, 0.1) is 0 Å². The standard InChI is InChI=1S/C14H12BrN3O2S/c15-10-5-1-2-6-11(10)17-12(19)8-18-7-3-4-9(13(16)21)14(18)20/h1-7H,8H2,(H2,16,21)(H,17,19). The maximum atomic E-state index is 12.1. The van der Waals surface area contributed by atoms with Gasteiger partial charge in [0.2, 0.25) is 5.91 Å². The molecule has 5 nitrogen and oxygen atoms in total. The lowest BCUT2D eigenvalue weighted by atomic mass is 10.2. The van der Waals surface area contributed by atoms with E-state index in [2.05, 4.69) is 21.2 Å². The van der Waals surface area contributed by atoms with Crippen molar-refractivity contribution in [3.8, 4) is 0 Å². The fraction of sp³-hybridized carbons (Fsp3) is 0.0714. The number of hydrogen-bond acceptors (Lipinski definition) is 3. The van der Waals surface area contributed by atoms with Gasteiger partial charge in [-0.05, 0) is 40.2 Å². The molecule has 0 saturated heterocycles. The first-order chi connectivity index (χ1) is 9.99. The molecule has 7 heteroatoms. The summed E-state index contributed by atoms with van der Waals surface area (Å²) in [6.45, 7) is -0.114. The zero-order valence-electron chi connectivity index (χ0n) is 10.9. The van der Waals surface area contributed by atoms with Gasteiger partial charge in [0.25, 0.3) is 5.56 Å². The topological polar surface area (TPSA) is 77.1 Å². The number of anilines is 1. The van der Waals surface area contributed by atoms with Crippen molar-refractivity contribution < 1.29 is 4.79 Å². The smallest absolute Gasteiger partial charge is 0.261 e. The molecule has 2 aromatic rings. The molecular formula is C14H12BrN3O2S. The number of carbonyl (C=O) groups is 1. The summed E-state index contributed by atoms with van der Waals surface area (Å²) in [7, 11) is 0. The highest BCUT2D eigenvalue weighted by Gasteiger charge is 2.10. The van der Waals surface area contributed by atoms with Gasteiger partial charge in [0.05, 0.1) is 11.3 Å². The average molecular weight is 366 g/mol. The number of nitrogens with one attached hydrogen (secondary N) is 1. The quantitative estimate of drug-likeness (QED) is 0.811. The van der Waals surface area contributed by atoms with Gasteiger partial charge in [-0.2, -0.15) is 0 Å². The van der Waals surface area contributed by atoms with E-state index >= 15 is 0 Å². The first-order valence-corrected chi connectivity index (χ1v) is 7.23. The Bertz CT molecular complexity index is 758. The summed E-state index contributed by atoms with van der Waals surface area (Å²) in [4.78, 5) is 24.1. The minimum absolute atomic E-state index is 0.0144. The van der Waals surface area contributed by atoms with Crippen LogP contribution in [0.15, 0.2) is 51.9 Å². The second kappa shape index (κ2) is 6.64. The summed E-state index contributed by atoms with van der Waals surface area (Å²) >= 11 is 8.14. The molecule has 3 N–H and O–H groups in total. The molecule has 0 spiro atoms. The third kappa shape index (κ3) is 3.77. The predicted molar refractivity (Wildman–Crippen MR) is 89.4 cm³/mol. The van der Waals surface area contributed by atoms with Crippen LogP contribution in [0.1, 0.15) is 5.56 Å². The number of rotatable bonds is 4. The van der Waals surface area contributed by atoms with Gasteiger partial charge in [-0.1, -0.05) is 24.4 Å². The van der Waals surface area contributed by atoms with Crippen molar-refractivity contribution in [2.45, 2.75) is 6.54 Å². The molecule has 0 radical (unpaired) electrons. The third-order valence-electron chi connectivity index (χ3n) is 2.75. The molecule has 1 amide bonds.